The zero-order chi connectivity index (χ0) is 23.7. The molecule has 0 saturated carbocycles. The Morgan fingerprint density at radius 1 is 1.09 bits per heavy atom. The zero-order valence-corrected chi connectivity index (χ0v) is 20.6. The highest BCUT2D eigenvalue weighted by atomic mass is 32.2. The standard InChI is InChI=1S/C23H27N3O4S2/c1-14-11-12-16(25-21(27)20-15(2)24-22(31-20)23(3,4)5)13-19(14)32(28,29)26-17-9-7-8-10-18(17)30-6/h7-13,26H,1-6H3,(H,25,27). The first kappa shape index (κ1) is 23.7. The van der Waals surface area contributed by atoms with Crippen molar-refractivity contribution in [2.24, 2.45) is 0 Å². The second-order valence-corrected chi connectivity index (χ2v) is 11.1. The smallest absolute Gasteiger partial charge is 0.267 e. The lowest BCUT2D eigenvalue weighted by Crippen LogP contribution is -2.16. The van der Waals surface area contributed by atoms with Crippen LogP contribution in [-0.2, 0) is 15.4 Å². The van der Waals surface area contributed by atoms with Gasteiger partial charge in [-0.05, 0) is 43.7 Å². The van der Waals surface area contributed by atoms with E-state index in [1.54, 1.807) is 50.2 Å². The van der Waals surface area contributed by atoms with Gasteiger partial charge in [-0.25, -0.2) is 13.4 Å². The summed E-state index contributed by atoms with van der Waals surface area (Å²) >= 11 is 1.34. The molecule has 0 atom stereocenters. The first-order chi connectivity index (χ1) is 14.9. The summed E-state index contributed by atoms with van der Waals surface area (Å²) in [5.41, 5.74) is 1.75. The molecule has 0 saturated heterocycles. The van der Waals surface area contributed by atoms with E-state index in [1.165, 1.54) is 24.5 Å². The molecule has 3 aromatic rings. The third-order valence-corrected chi connectivity index (χ3v) is 7.82. The minimum atomic E-state index is -3.91. The van der Waals surface area contributed by atoms with E-state index in [0.29, 0.717) is 33.3 Å². The Balaban J connectivity index is 1.89. The van der Waals surface area contributed by atoms with E-state index in [0.717, 1.165) is 5.01 Å². The molecule has 0 radical (unpaired) electrons. The molecule has 9 heteroatoms. The predicted molar refractivity (Wildman–Crippen MR) is 128 cm³/mol. The van der Waals surface area contributed by atoms with Gasteiger partial charge in [-0.1, -0.05) is 39.0 Å². The van der Waals surface area contributed by atoms with E-state index in [-0.39, 0.29) is 16.2 Å². The van der Waals surface area contributed by atoms with Gasteiger partial charge in [0, 0.05) is 11.1 Å². The summed E-state index contributed by atoms with van der Waals surface area (Å²) in [6, 6.07) is 11.5. The fraction of sp³-hybridized carbons (Fsp3) is 0.304. The van der Waals surface area contributed by atoms with Crippen LogP contribution in [0.15, 0.2) is 47.4 Å². The molecule has 0 bridgehead atoms. The zero-order valence-electron chi connectivity index (χ0n) is 18.9. The van der Waals surface area contributed by atoms with Gasteiger partial charge < -0.3 is 10.1 Å². The highest BCUT2D eigenvalue weighted by Crippen LogP contribution is 2.31. The molecular formula is C23H27N3O4S2. The van der Waals surface area contributed by atoms with Gasteiger partial charge in [-0.15, -0.1) is 11.3 Å². The largest absolute Gasteiger partial charge is 0.495 e. The summed E-state index contributed by atoms with van der Waals surface area (Å²) in [6.45, 7) is 9.62. The lowest BCUT2D eigenvalue weighted by Gasteiger charge is -2.14. The summed E-state index contributed by atoms with van der Waals surface area (Å²) in [4.78, 5) is 18.0. The second-order valence-electron chi connectivity index (χ2n) is 8.42. The number of anilines is 2. The van der Waals surface area contributed by atoms with Gasteiger partial charge in [0.1, 0.15) is 10.6 Å². The van der Waals surface area contributed by atoms with Crippen LogP contribution in [0.5, 0.6) is 5.75 Å². The molecule has 0 unspecified atom stereocenters. The number of sulfonamides is 1. The Morgan fingerprint density at radius 2 is 1.78 bits per heavy atom. The molecule has 32 heavy (non-hydrogen) atoms. The van der Waals surface area contributed by atoms with Crippen LogP contribution in [0.4, 0.5) is 11.4 Å². The number of amides is 1. The summed E-state index contributed by atoms with van der Waals surface area (Å²) in [7, 11) is -2.44. The average molecular weight is 474 g/mol. The van der Waals surface area contributed by atoms with Gasteiger partial charge in [-0.2, -0.15) is 0 Å². The predicted octanol–water partition coefficient (Wildman–Crippen LogP) is 5.12. The Labute approximate surface area is 192 Å². The van der Waals surface area contributed by atoms with Gasteiger partial charge in [0.25, 0.3) is 15.9 Å². The summed E-state index contributed by atoms with van der Waals surface area (Å²) in [5.74, 6) is 0.0916. The molecule has 170 valence electrons. The molecule has 7 nitrogen and oxygen atoms in total. The lowest BCUT2D eigenvalue weighted by atomic mass is 9.98. The normalized spacial score (nSPS) is 11.8. The van der Waals surface area contributed by atoms with E-state index >= 15 is 0 Å². The number of hydrogen-bond donors (Lipinski definition) is 2. The van der Waals surface area contributed by atoms with Crippen molar-refractivity contribution in [3.8, 4) is 5.75 Å². The molecule has 1 heterocycles. The quantitative estimate of drug-likeness (QED) is 0.518. The average Bonchev–Trinajstić information content (AvgIpc) is 3.12. The van der Waals surface area contributed by atoms with E-state index in [1.807, 2.05) is 20.8 Å². The molecule has 1 aromatic heterocycles. The highest BCUT2D eigenvalue weighted by Gasteiger charge is 2.24. The maximum Gasteiger partial charge on any atom is 0.267 e. The van der Waals surface area contributed by atoms with Gasteiger partial charge in [0.05, 0.1) is 28.4 Å². The van der Waals surface area contributed by atoms with Gasteiger partial charge in [0.15, 0.2) is 0 Å². The fourth-order valence-electron chi connectivity index (χ4n) is 3.01. The maximum atomic E-state index is 13.1. The van der Waals surface area contributed by atoms with Crippen LogP contribution in [0.1, 0.15) is 46.7 Å². The molecule has 3 rings (SSSR count). The van der Waals surface area contributed by atoms with Crippen molar-refractivity contribution in [1.82, 2.24) is 4.98 Å². The van der Waals surface area contributed by atoms with Crippen molar-refractivity contribution >= 4 is 38.6 Å². The van der Waals surface area contributed by atoms with Crippen molar-refractivity contribution in [2.75, 3.05) is 17.1 Å². The molecule has 0 aliphatic carbocycles. The molecule has 0 aliphatic heterocycles. The third kappa shape index (κ3) is 5.11. The van der Waals surface area contributed by atoms with Crippen molar-refractivity contribution in [3.63, 3.8) is 0 Å². The van der Waals surface area contributed by atoms with Crippen molar-refractivity contribution in [1.29, 1.82) is 0 Å². The molecule has 1 amide bonds. The number of carbonyl (C=O) groups excluding carboxylic acids is 1. The number of rotatable bonds is 6. The molecule has 0 aliphatic rings. The molecule has 0 spiro atoms. The number of nitrogens with zero attached hydrogens (tertiary/aromatic N) is 1. The number of nitrogens with one attached hydrogen (secondary N) is 2. The summed E-state index contributed by atoms with van der Waals surface area (Å²) in [6.07, 6.45) is 0. The lowest BCUT2D eigenvalue weighted by molar-refractivity contribution is 0.102. The monoisotopic (exact) mass is 473 g/mol. The Morgan fingerprint density at radius 3 is 2.41 bits per heavy atom. The van der Waals surface area contributed by atoms with E-state index in [9.17, 15) is 13.2 Å². The molecular weight excluding hydrogens is 446 g/mol. The third-order valence-electron chi connectivity index (χ3n) is 4.73. The summed E-state index contributed by atoms with van der Waals surface area (Å²) in [5, 5.41) is 3.67. The summed E-state index contributed by atoms with van der Waals surface area (Å²) < 4.78 is 34.0. The highest BCUT2D eigenvalue weighted by molar-refractivity contribution is 7.92. The van der Waals surface area contributed by atoms with Crippen LogP contribution < -0.4 is 14.8 Å². The SMILES string of the molecule is COc1ccccc1NS(=O)(=O)c1cc(NC(=O)c2sc(C(C)(C)C)nc2C)ccc1C. The number of hydrogen-bond acceptors (Lipinski definition) is 6. The number of thiazole rings is 1. The molecule has 0 fully saturated rings. The number of methoxy groups -OCH3 is 1. The van der Waals surface area contributed by atoms with Crippen LogP contribution in [0.2, 0.25) is 0 Å². The van der Waals surface area contributed by atoms with E-state index in [4.69, 9.17) is 4.74 Å². The van der Waals surface area contributed by atoms with Gasteiger partial charge in [-0.3, -0.25) is 9.52 Å². The first-order valence-corrected chi connectivity index (χ1v) is 12.3. The number of para-hydroxylation sites is 2. The van der Waals surface area contributed by atoms with Crippen LogP contribution >= 0.6 is 11.3 Å². The van der Waals surface area contributed by atoms with Crippen LogP contribution in [0.3, 0.4) is 0 Å². The Bertz CT molecular complexity index is 1260. The fourth-order valence-corrected chi connectivity index (χ4v) is 5.37. The molecule has 2 aromatic carbocycles. The second kappa shape index (κ2) is 8.91. The molecule has 2 N–H and O–H groups in total. The van der Waals surface area contributed by atoms with E-state index < -0.39 is 10.0 Å². The van der Waals surface area contributed by atoms with Crippen LogP contribution in [-0.4, -0.2) is 26.4 Å². The number of ether oxygens (including phenoxy) is 1. The number of aromatic nitrogens is 1. The maximum absolute atomic E-state index is 13.1. The first-order valence-electron chi connectivity index (χ1n) is 9.98. The topological polar surface area (TPSA) is 97.4 Å². The van der Waals surface area contributed by atoms with Crippen molar-refractivity contribution in [3.05, 3.63) is 63.6 Å². The van der Waals surface area contributed by atoms with Crippen molar-refractivity contribution < 1.29 is 17.9 Å². The number of aryl methyl sites for hydroxylation is 2. The van der Waals surface area contributed by atoms with E-state index in [2.05, 4.69) is 15.0 Å². The number of benzene rings is 2. The van der Waals surface area contributed by atoms with Crippen molar-refractivity contribution in [2.45, 2.75) is 44.9 Å². The van der Waals surface area contributed by atoms with Gasteiger partial charge in [0.2, 0.25) is 0 Å². The Kier molecular flexibility index (Phi) is 6.61. The minimum absolute atomic E-state index is 0.0672. The Hall–Kier alpha value is -2.91. The minimum Gasteiger partial charge on any atom is -0.495 e. The van der Waals surface area contributed by atoms with Crippen LogP contribution in [0, 0.1) is 13.8 Å². The van der Waals surface area contributed by atoms with Gasteiger partial charge >= 0.3 is 0 Å². The van der Waals surface area contributed by atoms with Crippen LogP contribution in [0.25, 0.3) is 0 Å². The number of carbonyl (C=O) groups is 1.